The summed E-state index contributed by atoms with van der Waals surface area (Å²) >= 11 is 0. The third-order valence-corrected chi connectivity index (χ3v) is 3.41. The number of phenols is 1. The van der Waals surface area contributed by atoms with E-state index < -0.39 is 11.7 Å². The quantitative estimate of drug-likeness (QED) is 0.861. The molecule has 5 nitrogen and oxygen atoms in total. The lowest BCUT2D eigenvalue weighted by molar-refractivity contribution is 0.0782. The van der Waals surface area contributed by atoms with Gasteiger partial charge in [-0.25, -0.2) is 4.39 Å². The highest BCUT2D eigenvalue weighted by Crippen LogP contribution is 2.23. The minimum Gasteiger partial charge on any atom is -0.506 e. The molecule has 0 unspecified atom stereocenters. The Morgan fingerprint density at radius 3 is 2.70 bits per heavy atom. The Kier molecular flexibility index (Phi) is 4.95. The van der Waals surface area contributed by atoms with Crippen LogP contribution in [0.25, 0.3) is 0 Å². The fourth-order valence-corrected chi connectivity index (χ4v) is 2.19. The summed E-state index contributed by atoms with van der Waals surface area (Å²) in [6, 6.07) is 8.76. The smallest absolute Gasteiger partial charge is 0.257 e. The molecule has 0 saturated carbocycles. The van der Waals surface area contributed by atoms with Crippen LogP contribution in [-0.4, -0.2) is 36.4 Å². The Hall–Kier alpha value is -2.89. The summed E-state index contributed by atoms with van der Waals surface area (Å²) in [5.74, 6) is -1.22. The molecule has 0 saturated heterocycles. The monoisotopic (exact) mass is 317 g/mol. The van der Waals surface area contributed by atoms with Gasteiger partial charge >= 0.3 is 0 Å². The zero-order valence-electron chi connectivity index (χ0n) is 12.7. The number of benzene rings is 2. The van der Waals surface area contributed by atoms with Crippen molar-refractivity contribution < 1.29 is 23.8 Å². The van der Waals surface area contributed by atoms with Crippen molar-refractivity contribution in [2.45, 2.75) is 6.54 Å². The predicted molar refractivity (Wildman–Crippen MR) is 82.2 cm³/mol. The lowest BCUT2D eigenvalue weighted by Gasteiger charge is -2.18. The molecule has 0 atom stereocenters. The predicted octanol–water partition coefficient (Wildman–Crippen LogP) is 2.62. The van der Waals surface area contributed by atoms with Crippen molar-refractivity contribution in [3.05, 3.63) is 58.9 Å². The first kappa shape index (κ1) is 16.5. The maximum Gasteiger partial charge on any atom is 0.257 e. The number of hydrogen-bond acceptors (Lipinski definition) is 4. The lowest BCUT2D eigenvalue weighted by atomic mass is 10.1. The van der Waals surface area contributed by atoms with Gasteiger partial charge in [0.2, 0.25) is 0 Å². The molecule has 0 bridgehead atoms. The Bertz CT molecular complexity index is 745. The Labute approximate surface area is 132 Å². The molecule has 0 heterocycles. The van der Waals surface area contributed by atoms with E-state index in [1.54, 1.807) is 6.07 Å². The molecule has 0 aromatic heterocycles. The normalized spacial score (nSPS) is 10.2. The van der Waals surface area contributed by atoms with Crippen LogP contribution in [0.5, 0.6) is 11.5 Å². The van der Waals surface area contributed by atoms with Gasteiger partial charge in [-0.1, -0.05) is 12.1 Å². The average molecular weight is 317 g/mol. The van der Waals surface area contributed by atoms with Gasteiger partial charge in [0.25, 0.3) is 5.91 Å². The number of rotatable bonds is 5. The molecular weight excluding hydrogens is 301 g/mol. The van der Waals surface area contributed by atoms with E-state index in [0.717, 1.165) is 0 Å². The first-order valence-electron chi connectivity index (χ1n) is 6.83. The van der Waals surface area contributed by atoms with Crippen molar-refractivity contribution in [2.75, 3.05) is 14.2 Å². The molecular formula is C17H16FNO4. The van der Waals surface area contributed by atoms with Gasteiger partial charge in [0.1, 0.15) is 5.75 Å². The van der Waals surface area contributed by atoms with E-state index in [1.807, 2.05) is 0 Å². The molecule has 0 aliphatic rings. The molecule has 6 heteroatoms. The summed E-state index contributed by atoms with van der Waals surface area (Å²) < 4.78 is 18.5. The summed E-state index contributed by atoms with van der Waals surface area (Å²) in [7, 11) is 2.90. The van der Waals surface area contributed by atoms with E-state index in [-0.39, 0.29) is 29.2 Å². The van der Waals surface area contributed by atoms with Crippen LogP contribution in [0.1, 0.15) is 26.3 Å². The first-order valence-corrected chi connectivity index (χ1v) is 6.83. The maximum absolute atomic E-state index is 13.7. The fourth-order valence-electron chi connectivity index (χ4n) is 2.19. The number of hydrogen-bond donors (Lipinski definition) is 1. The van der Waals surface area contributed by atoms with Gasteiger partial charge in [-0.15, -0.1) is 0 Å². The lowest BCUT2D eigenvalue weighted by Crippen LogP contribution is -2.26. The minimum atomic E-state index is -0.517. The Morgan fingerprint density at radius 1 is 1.35 bits per heavy atom. The number of carbonyl (C=O) groups excluding carboxylic acids is 2. The minimum absolute atomic E-state index is 0.0195. The molecule has 0 radical (unpaired) electrons. The van der Waals surface area contributed by atoms with E-state index in [4.69, 9.17) is 4.74 Å². The SMILES string of the molecule is COc1ccc(CN(C)C(=O)c2cccc(C=O)c2O)cc1F. The molecule has 0 spiro atoms. The highest BCUT2D eigenvalue weighted by Gasteiger charge is 2.18. The summed E-state index contributed by atoms with van der Waals surface area (Å²) in [6.45, 7) is 0.143. The van der Waals surface area contributed by atoms with Crippen molar-refractivity contribution in [2.24, 2.45) is 0 Å². The van der Waals surface area contributed by atoms with E-state index in [9.17, 15) is 19.1 Å². The molecule has 2 aromatic carbocycles. The van der Waals surface area contributed by atoms with Gasteiger partial charge < -0.3 is 14.7 Å². The number of phenolic OH excluding ortho intramolecular Hbond substituents is 1. The molecule has 0 fully saturated rings. The Morgan fingerprint density at radius 2 is 2.09 bits per heavy atom. The summed E-state index contributed by atoms with van der Waals surface area (Å²) in [4.78, 5) is 24.5. The topological polar surface area (TPSA) is 66.8 Å². The van der Waals surface area contributed by atoms with Gasteiger partial charge in [0.15, 0.2) is 17.9 Å². The highest BCUT2D eigenvalue weighted by molar-refractivity contribution is 5.99. The second kappa shape index (κ2) is 6.91. The van der Waals surface area contributed by atoms with Crippen molar-refractivity contribution in [1.82, 2.24) is 4.90 Å². The van der Waals surface area contributed by atoms with Crippen molar-refractivity contribution >= 4 is 12.2 Å². The van der Waals surface area contributed by atoms with E-state index in [1.165, 1.54) is 49.4 Å². The van der Waals surface area contributed by atoms with Gasteiger partial charge in [0.05, 0.1) is 18.2 Å². The standard InChI is InChI=1S/C17H16FNO4/c1-19(9-11-6-7-15(23-2)14(18)8-11)17(22)13-5-3-4-12(10-20)16(13)21/h3-8,10,21H,9H2,1-2H3. The van der Waals surface area contributed by atoms with Crippen LogP contribution in [-0.2, 0) is 6.54 Å². The molecule has 23 heavy (non-hydrogen) atoms. The number of aromatic hydroxyl groups is 1. The molecule has 0 aliphatic heterocycles. The van der Waals surface area contributed by atoms with Crippen LogP contribution in [0.2, 0.25) is 0 Å². The first-order chi connectivity index (χ1) is 11.0. The van der Waals surface area contributed by atoms with Crippen LogP contribution in [0.4, 0.5) is 4.39 Å². The van der Waals surface area contributed by atoms with Gasteiger partial charge in [-0.05, 0) is 29.8 Å². The van der Waals surface area contributed by atoms with E-state index >= 15 is 0 Å². The van der Waals surface area contributed by atoms with Crippen LogP contribution in [0, 0.1) is 5.82 Å². The van der Waals surface area contributed by atoms with Crippen molar-refractivity contribution in [3.63, 3.8) is 0 Å². The average Bonchev–Trinajstić information content (AvgIpc) is 2.54. The van der Waals surface area contributed by atoms with Crippen LogP contribution in [0.15, 0.2) is 36.4 Å². The second-order valence-corrected chi connectivity index (χ2v) is 4.99. The molecule has 1 N–H and O–H groups in total. The largest absolute Gasteiger partial charge is 0.506 e. The van der Waals surface area contributed by atoms with E-state index in [2.05, 4.69) is 0 Å². The molecule has 1 amide bonds. The zero-order valence-corrected chi connectivity index (χ0v) is 12.7. The number of halogens is 1. The third-order valence-electron chi connectivity index (χ3n) is 3.41. The summed E-state index contributed by atoms with van der Waals surface area (Å²) in [5, 5.41) is 9.93. The number of carbonyl (C=O) groups is 2. The van der Waals surface area contributed by atoms with Crippen molar-refractivity contribution in [1.29, 1.82) is 0 Å². The van der Waals surface area contributed by atoms with Gasteiger partial charge in [0, 0.05) is 13.6 Å². The Balaban J connectivity index is 2.20. The fraction of sp³-hybridized carbons (Fsp3) is 0.176. The summed E-state index contributed by atoms with van der Waals surface area (Å²) in [6.07, 6.45) is 0.477. The number of para-hydroxylation sites is 1. The molecule has 2 aromatic rings. The van der Waals surface area contributed by atoms with E-state index in [0.29, 0.717) is 11.8 Å². The van der Waals surface area contributed by atoms with Crippen LogP contribution < -0.4 is 4.74 Å². The van der Waals surface area contributed by atoms with Crippen LogP contribution >= 0.6 is 0 Å². The highest BCUT2D eigenvalue weighted by atomic mass is 19.1. The maximum atomic E-state index is 13.7. The number of amides is 1. The molecule has 2 rings (SSSR count). The van der Waals surface area contributed by atoms with Crippen LogP contribution in [0.3, 0.4) is 0 Å². The third kappa shape index (κ3) is 3.48. The molecule has 120 valence electrons. The van der Waals surface area contributed by atoms with Crippen molar-refractivity contribution in [3.8, 4) is 11.5 Å². The number of nitrogens with zero attached hydrogens (tertiary/aromatic N) is 1. The summed E-state index contributed by atoms with van der Waals surface area (Å²) in [5.41, 5.74) is 0.635. The van der Waals surface area contributed by atoms with Gasteiger partial charge in [-0.3, -0.25) is 9.59 Å². The molecule has 0 aliphatic carbocycles. The number of ether oxygens (including phenoxy) is 1. The van der Waals surface area contributed by atoms with Gasteiger partial charge in [-0.2, -0.15) is 0 Å². The number of methoxy groups -OCH3 is 1. The second-order valence-electron chi connectivity index (χ2n) is 4.99. The number of aldehydes is 1. The zero-order chi connectivity index (χ0) is 17.0.